The van der Waals surface area contributed by atoms with Crippen molar-refractivity contribution in [3.8, 4) is 5.75 Å². The molecular weight excluding hydrogens is 326 g/mol. The minimum absolute atomic E-state index is 0.0456. The van der Waals surface area contributed by atoms with Crippen molar-refractivity contribution in [2.24, 2.45) is 0 Å². The lowest BCUT2D eigenvalue weighted by molar-refractivity contribution is -0.129. The molecule has 24 heavy (non-hydrogen) atoms. The number of carbonyl (C=O) groups is 2. The number of methoxy groups -OCH3 is 1. The van der Waals surface area contributed by atoms with Gasteiger partial charge in [-0.15, -0.1) is 0 Å². The molecule has 0 radical (unpaired) electrons. The molecule has 0 bridgehead atoms. The minimum Gasteiger partial charge on any atom is -0.496 e. The molecule has 0 spiro atoms. The van der Waals surface area contributed by atoms with E-state index in [1.54, 1.807) is 43.3 Å². The predicted octanol–water partition coefficient (Wildman–Crippen LogP) is 3.75. The Balaban J connectivity index is 2.15. The summed E-state index contributed by atoms with van der Waals surface area (Å²) < 4.78 is 5.29. The number of halogens is 1. The third-order valence-electron chi connectivity index (χ3n) is 3.82. The second-order valence-corrected chi connectivity index (χ2v) is 6.01. The fraction of sp³-hybridized carbons (Fsp3) is 0.263. The molecule has 0 saturated heterocycles. The second kappa shape index (κ2) is 7.97. The molecule has 0 fully saturated rings. The highest BCUT2D eigenvalue weighted by atomic mass is 35.5. The van der Waals surface area contributed by atoms with E-state index in [1.165, 1.54) is 6.92 Å². The van der Waals surface area contributed by atoms with Crippen molar-refractivity contribution in [3.05, 3.63) is 64.2 Å². The van der Waals surface area contributed by atoms with Crippen LogP contribution in [0.15, 0.2) is 42.5 Å². The maximum Gasteiger partial charge on any atom is 0.227 e. The number of Topliss-reactive ketones (excluding diaryl/α,β-unsaturated/α-hetero) is 1. The zero-order valence-corrected chi connectivity index (χ0v) is 14.8. The van der Waals surface area contributed by atoms with Gasteiger partial charge in [0.15, 0.2) is 5.78 Å². The van der Waals surface area contributed by atoms with Gasteiger partial charge in [0, 0.05) is 29.7 Å². The summed E-state index contributed by atoms with van der Waals surface area (Å²) in [5, 5.41) is 0.633. The van der Waals surface area contributed by atoms with Crippen molar-refractivity contribution >= 4 is 23.3 Å². The normalized spacial score (nSPS) is 10.3. The Morgan fingerprint density at radius 2 is 1.83 bits per heavy atom. The molecule has 4 nitrogen and oxygen atoms in total. The van der Waals surface area contributed by atoms with Gasteiger partial charge in [-0.1, -0.05) is 29.8 Å². The van der Waals surface area contributed by atoms with E-state index in [2.05, 4.69) is 0 Å². The van der Waals surface area contributed by atoms with Gasteiger partial charge < -0.3 is 9.64 Å². The zero-order valence-electron chi connectivity index (χ0n) is 14.0. The Hall–Kier alpha value is -2.33. The van der Waals surface area contributed by atoms with Crippen molar-refractivity contribution < 1.29 is 14.3 Å². The third-order valence-corrected chi connectivity index (χ3v) is 4.19. The Morgan fingerprint density at radius 1 is 1.12 bits per heavy atom. The first-order valence-electron chi connectivity index (χ1n) is 7.57. The van der Waals surface area contributed by atoms with Crippen molar-refractivity contribution in [2.75, 3.05) is 14.2 Å². The number of carbonyl (C=O) groups excluding carboxylic acids is 2. The van der Waals surface area contributed by atoms with Gasteiger partial charge >= 0.3 is 0 Å². The first-order chi connectivity index (χ1) is 11.4. The average Bonchev–Trinajstić information content (AvgIpc) is 2.56. The van der Waals surface area contributed by atoms with Crippen molar-refractivity contribution in [2.45, 2.75) is 19.9 Å². The van der Waals surface area contributed by atoms with Crippen molar-refractivity contribution in [1.82, 2.24) is 4.90 Å². The second-order valence-electron chi connectivity index (χ2n) is 5.60. The van der Waals surface area contributed by atoms with Gasteiger partial charge in [0.2, 0.25) is 5.91 Å². The Labute approximate surface area is 147 Å². The SMILES string of the molecule is COc1ccc(C(C)=O)cc1CC(=O)N(C)Cc1ccccc1Cl. The summed E-state index contributed by atoms with van der Waals surface area (Å²) in [6.45, 7) is 1.92. The van der Waals surface area contributed by atoms with Crippen LogP contribution in [0.4, 0.5) is 0 Å². The summed E-state index contributed by atoms with van der Waals surface area (Å²) in [6, 6.07) is 12.6. The number of benzene rings is 2. The Kier molecular flexibility index (Phi) is 5.99. The molecule has 0 N–H and O–H groups in total. The highest BCUT2D eigenvalue weighted by Gasteiger charge is 2.15. The number of nitrogens with zero attached hydrogens (tertiary/aromatic N) is 1. The highest BCUT2D eigenvalue weighted by Crippen LogP contribution is 2.22. The molecule has 5 heteroatoms. The lowest BCUT2D eigenvalue weighted by atomic mass is 10.0. The van der Waals surface area contributed by atoms with E-state index in [-0.39, 0.29) is 18.1 Å². The molecule has 0 heterocycles. The van der Waals surface area contributed by atoms with Gasteiger partial charge in [-0.2, -0.15) is 0 Å². The molecule has 1 amide bonds. The van der Waals surface area contributed by atoms with Crippen molar-refractivity contribution in [3.63, 3.8) is 0 Å². The van der Waals surface area contributed by atoms with E-state index < -0.39 is 0 Å². The van der Waals surface area contributed by atoms with Crippen LogP contribution in [0.2, 0.25) is 5.02 Å². The van der Waals surface area contributed by atoms with Gasteiger partial charge in [-0.05, 0) is 36.8 Å². The van der Waals surface area contributed by atoms with Crippen LogP contribution in [-0.2, 0) is 17.8 Å². The van der Waals surface area contributed by atoms with E-state index in [0.717, 1.165) is 5.56 Å². The quantitative estimate of drug-likeness (QED) is 0.749. The lowest BCUT2D eigenvalue weighted by Crippen LogP contribution is -2.28. The summed E-state index contributed by atoms with van der Waals surface area (Å²) in [7, 11) is 3.27. The van der Waals surface area contributed by atoms with Crippen LogP contribution in [0, 0.1) is 0 Å². The largest absolute Gasteiger partial charge is 0.496 e. The van der Waals surface area contributed by atoms with E-state index in [4.69, 9.17) is 16.3 Å². The minimum atomic E-state index is -0.0751. The van der Waals surface area contributed by atoms with E-state index in [9.17, 15) is 9.59 Å². The topological polar surface area (TPSA) is 46.6 Å². The van der Waals surface area contributed by atoms with Crippen molar-refractivity contribution in [1.29, 1.82) is 0 Å². The van der Waals surface area contributed by atoms with Gasteiger partial charge in [-0.25, -0.2) is 0 Å². The fourth-order valence-electron chi connectivity index (χ4n) is 2.40. The molecule has 2 aromatic rings. The molecule has 0 aliphatic rings. The summed E-state index contributed by atoms with van der Waals surface area (Å²) in [4.78, 5) is 25.7. The third kappa shape index (κ3) is 4.36. The monoisotopic (exact) mass is 345 g/mol. The number of ketones is 1. The van der Waals surface area contributed by atoms with Gasteiger partial charge in [0.05, 0.1) is 13.5 Å². The first kappa shape index (κ1) is 18.0. The molecule has 2 rings (SSSR count). The molecule has 0 saturated carbocycles. The van der Waals surface area contributed by atoms with Gasteiger partial charge in [0.25, 0.3) is 0 Å². The van der Waals surface area contributed by atoms with E-state index >= 15 is 0 Å². The van der Waals surface area contributed by atoms with Crippen LogP contribution in [0.3, 0.4) is 0 Å². The summed E-state index contributed by atoms with van der Waals surface area (Å²) >= 11 is 6.14. The number of hydrogen-bond donors (Lipinski definition) is 0. The number of amides is 1. The van der Waals surface area contributed by atoms with Crippen LogP contribution in [0.5, 0.6) is 5.75 Å². The summed E-state index contributed by atoms with van der Waals surface area (Å²) in [5.41, 5.74) is 2.15. The molecule has 0 aliphatic carbocycles. The maximum absolute atomic E-state index is 12.5. The Bertz CT molecular complexity index is 758. The highest BCUT2D eigenvalue weighted by molar-refractivity contribution is 6.31. The summed E-state index contributed by atoms with van der Waals surface area (Å²) in [5.74, 6) is 0.476. The molecule has 0 unspecified atom stereocenters. The van der Waals surface area contributed by atoms with Crippen LogP contribution in [0.25, 0.3) is 0 Å². The maximum atomic E-state index is 12.5. The first-order valence-corrected chi connectivity index (χ1v) is 7.95. The van der Waals surface area contributed by atoms with Crippen LogP contribution in [-0.4, -0.2) is 30.7 Å². The fourth-order valence-corrected chi connectivity index (χ4v) is 2.60. The van der Waals surface area contributed by atoms with E-state index in [1.807, 2.05) is 18.2 Å². The number of rotatable bonds is 6. The van der Waals surface area contributed by atoms with Gasteiger partial charge in [-0.3, -0.25) is 9.59 Å². The standard InChI is InChI=1S/C19H20ClNO3/c1-13(22)14-8-9-18(24-3)16(10-14)11-19(23)21(2)12-15-6-4-5-7-17(15)20/h4-10H,11-12H2,1-3H3. The van der Waals surface area contributed by atoms with Crippen LogP contribution >= 0.6 is 11.6 Å². The molecule has 0 aromatic heterocycles. The predicted molar refractivity (Wildman–Crippen MR) is 94.6 cm³/mol. The molecule has 0 aliphatic heterocycles. The molecule has 126 valence electrons. The average molecular weight is 346 g/mol. The van der Waals surface area contributed by atoms with Crippen LogP contribution in [0.1, 0.15) is 28.4 Å². The zero-order chi connectivity index (χ0) is 17.7. The smallest absolute Gasteiger partial charge is 0.227 e. The molecule has 0 atom stereocenters. The van der Waals surface area contributed by atoms with Gasteiger partial charge in [0.1, 0.15) is 5.75 Å². The number of hydrogen-bond acceptors (Lipinski definition) is 3. The Morgan fingerprint density at radius 3 is 2.46 bits per heavy atom. The molecular formula is C19H20ClNO3. The lowest BCUT2D eigenvalue weighted by Gasteiger charge is -2.19. The van der Waals surface area contributed by atoms with E-state index in [0.29, 0.717) is 28.4 Å². The molecule has 2 aromatic carbocycles. The number of likely N-dealkylation sites (N-methyl/N-ethyl adjacent to an activating group) is 1. The van der Waals surface area contributed by atoms with Crippen LogP contribution < -0.4 is 4.74 Å². The summed E-state index contributed by atoms with van der Waals surface area (Å²) in [6.07, 6.45) is 0.158. The number of ether oxygens (including phenoxy) is 1.